The standard InChI is InChI=1S/C26H29N2O3S/c1-26(2,3)31-25(29)28-17-16-20(28)19-30-21-14-15-24(27-18-21)32(22-10-6-4-7-11-22)23-12-8-5-9-13-23/h4-15,18,20H,16-17,19H2,1-3H3/q+1/t20-/m0/s1. The molecule has 0 bridgehead atoms. The molecule has 5 nitrogen and oxygen atoms in total. The summed E-state index contributed by atoms with van der Waals surface area (Å²) in [5.41, 5.74) is -0.493. The fourth-order valence-corrected chi connectivity index (χ4v) is 5.41. The van der Waals surface area contributed by atoms with Crippen LogP contribution in [0.15, 0.2) is 93.8 Å². The Balaban J connectivity index is 1.43. The lowest BCUT2D eigenvalue weighted by Crippen LogP contribution is -2.55. The molecular weight excluding hydrogens is 420 g/mol. The number of rotatable bonds is 6. The second kappa shape index (κ2) is 9.65. The van der Waals surface area contributed by atoms with Crippen LogP contribution in [0.3, 0.4) is 0 Å². The normalized spacial score (nSPS) is 15.9. The van der Waals surface area contributed by atoms with Crippen LogP contribution < -0.4 is 4.74 Å². The van der Waals surface area contributed by atoms with Gasteiger partial charge in [0.05, 0.1) is 12.2 Å². The van der Waals surface area contributed by atoms with Gasteiger partial charge in [-0.2, -0.15) is 0 Å². The van der Waals surface area contributed by atoms with Crippen molar-refractivity contribution in [3.63, 3.8) is 0 Å². The topological polar surface area (TPSA) is 51.7 Å². The van der Waals surface area contributed by atoms with E-state index in [0.717, 1.165) is 11.4 Å². The molecular formula is C26H29N2O3S+. The van der Waals surface area contributed by atoms with Gasteiger partial charge in [0, 0.05) is 12.6 Å². The Labute approximate surface area is 192 Å². The molecule has 1 fully saturated rings. The molecule has 0 aliphatic carbocycles. The lowest BCUT2D eigenvalue weighted by Gasteiger charge is -2.40. The Morgan fingerprint density at radius 3 is 2.09 bits per heavy atom. The number of benzene rings is 2. The number of pyridine rings is 1. The summed E-state index contributed by atoms with van der Waals surface area (Å²) in [5.74, 6) is 0.703. The molecule has 1 aromatic heterocycles. The third-order valence-corrected chi connectivity index (χ3v) is 7.24. The summed E-state index contributed by atoms with van der Waals surface area (Å²) in [6.07, 6.45) is 2.41. The zero-order valence-electron chi connectivity index (χ0n) is 18.7. The average Bonchev–Trinajstić information content (AvgIpc) is 2.74. The Bertz CT molecular complexity index is 981. The van der Waals surface area contributed by atoms with E-state index in [1.54, 1.807) is 11.1 Å². The number of amides is 1. The van der Waals surface area contributed by atoms with Crippen molar-refractivity contribution in [1.29, 1.82) is 0 Å². The van der Waals surface area contributed by atoms with Crippen LogP contribution in [0.1, 0.15) is 27.2 Å². The minimum Gasteiger partial charge on any atom is -0.490 e. The summed E-state index contributed by atoms with van der Waals surface area (Å²) in [6.45, 7) is 6.77. The first kappa shape index (κ1) is 22.2. The quantitative estimate of drug-likeness (QED) is 0.462. The van der Waals surface area contributed by atoms with Crippen LogP contribution in [0.25, 0.3) is 0 Å². The Hall–Kier alpha value is -2.99. The molecule has 3 aromatic rings. The van der Waals surface area contributed by atoms with Gasteiger partial charge in [0.15, 0.2) is 9.79 Å². The van der Waals surface area contributed by atoms with E-state index in [9.17, 15) is 4.79 Å². The molecule has 1 amide bonds. The summed E-state index contributed by atoms with van der Waals surface area (Å²) in [7, 11) is -0.284. The predicted molar refractivity (Wildman–Crippen MR) is 126 cm³/mol. The molecule has 1 aliphatic heterocycles. The van der Waals surface area contributed by atoms with Crippen molar-refractivity contribution in [1.82, 2.24) is 9.88 Å². The molecule has 1 saturated heterocycles. The third-order valence-electron chi connectivity index (χ3n) is 5.09. The maximum absolute atomic E-state index is 12.3. The van der Waals surface area contributed by atoms with Gasteiger partial charge in [-0.05, 0) is 57.5 Å². The third kappa shape index (κ3) is 5.43. The van der Waals surface area contributed by atoms with Crippen molar-refractivity contribution < 1.29 is 14.3 Å². The Morgan fingerprint density at radius 1 is 1.00 bits per heavy atom. The average molecular weight is 450 g/mol. The van der Waals surface area contributed by atoms with Crippen LogP contribution >= 0.6 is 0 Å². The van der Waals surface area contributed by atoms with Crippen LogP contribution in [0, 0.1) is 0 Å². The zero-order valence-corrected chi connectivity index (χ0v) is 19.5. The number of ether oxygens (including phenoxy) is 2. The number of nitrogens with zero attached hydrogens (tertiary/aromatic N) is 2. The molecule has 6 heteroatoms. The zero-order chi connectivity index (χ0) is 22.6. The van der Waals surface area contributed by atoms with Crippen molar-refractivity contribution in [3.8, 4) is 5.75 Å². The highest BCUT2D eigenvalue weighted by Gasteiger charge is 2.36. The number of aromatic nitrogens is 1. The smallest absolute Gasteiger partial charge is 0.410 e. The summed E-state index contributed by atoms with van der Waals surface area (Å²) >= 11 is 0. The van der Waals surface area contributed by atoms with E-state index in [1.165, 1.54) is 9.79 Å². The first-order valence-electron chi connectivity index (χ1n) is 10.8. The second-order valence-corrected chi connectivity index (χ2v) is 10.7. The highest BCUT2D eigenvalue weighted by molar-refractivity contribution is 7.97. The van der Waals surface area contributed by atoms with Crippen LogP contribution in [0.2, 0.25) is 0 Å². The van der Waals surface area contributed by atoms with Gasteiger partial charge in [0.2, 0.25) is 0 Å². The van der Waals surface area contributed by atoms with Gasteiger partial charge in [-0.15, -0.1) is 0 Å². The number of likely N-dealkylation sites (tertiary alicyclic amines) is 1. The minimum absolute atomic E-state index is 0.0350. The summed E-state index contributed by atoms with van der Waals surface area (Å²) in [5, 5.41) is 0.994. The van der Waals surface area contributed by atoms with E-state index in [2.05, 4.69) is 48.5 Å². The fraction of sp³-hybridized carbons (Fsp3) is 0.308. The van der Waals surface area contributed by atoms with Gasteiger partial charge in [0.25, 0.3) is 5.03 Å². The van der Waals surface area contributed by atoms with E-state index < -0.39 is 5.60 Å². The fourth-order valence-electron chi connectivity index (χ4n) is 3.43. The summed E-state index contributed by atoms with van der Waals surface area (Å²) < 4.78 is 11.4. The van der Waals surface area contributed by atoms with E-state index in [1.807, 2.05) is 45.0 Å². The molecule has 2 aromatic carbocycles. The van der Waals surface area contributed by atoms with Crippen LogP contribution in [-0.2, 0) is 15.6 Å². The van der Waals surface area contributed by atoms with Crippen molar-refractivity contribution in [2.24, 2.45) is 0 Å². The first-order chi connectivity index (χ1) is 15.4. The van der Waals surface area contributed by atoms with E-state index in [-0.39, 0.29) is 23.0 Å². The first-order valence-corrected chi connectivity index (χ1v) is 12.1. The van der Waals surface area contributed by atoms with Crippen molar-refractivity contribution in [3.05, 3.63) is 79.0 Å². The molecule has 2 heterocycles. The molecule has 166 valence electrons. The van der Waals surface area contributed by atoms with Gasteiger partial charge in [-0.25, -0.2) is 9.78 Å². The van der Waals surface area contributed by atoms with E-state index >= 15 is 0 Å². The lowest BCUT2D eigenvalue weighted by molar-refractivity contribution is -0.0141. The largest absolute Gasteiger partial charge is 0.490 e. The molecule has 0 N–H and O–H groups in total. The van der Waals surface area contributed by atoms with E-state index in [4.69, 9.17) is 14.5 Å². The molecule has 0 unspecified atom stereocenters. The molecule has 0 radical (unpaired) electrons. The van der Waals surface area contributed by atoms with Gasteiger partial charge < -0.3 is 14.4 Å². The van der Waals surface area contributed by atoms with E-state index in [0.29, 0.717) is 18.9 Å². The number of carbonyl (C=O) groups excluding carboxylic acids is 1. The van der Waals surface area contributed by atoms with Crippen molar-refractivity contribution >= 4 is 17.0 Å². The van der Waals surface area contributed by atoms with Crippen LogP contribution in [0.4, 0.5) is 4.79 Å². The highest BCUT2D eigenvalue weighted by atomic mass is 32.2. The van der Waals surface area contributed by atoms with Crippen LogP contribution in [0.5, 0.6) is 5.75 Å². The molecule has 1 aliphatic rings. The SMILES string of the molecule is CC(C)(C)OC(=O)N1CC[C@H]1COc1ccc([S+](c2ccccc2)c2ccccc2)nc1. The summed E-state index contributed by atoms with van der Waals surface area (Å²) in [6, 6.07) is 24.9. The maximum atomic E-state index is 12.3. The van der Waals surface area contributed by atoms with Gasteiger partial charge in [0.1, 0.15) is 28.9 Å². The number of hydrogen-bond acceptors (Lipinski definition) is 4. The van der Waals surface area contributed by atoms with Crippen molar-refractivity contribution in [2.75, 3.05) is 13.2 Å². The van der Waals surface area contributed by atoms with Crippen LogP contribution in [-0.4, -0.2) is 40.8 Å². The number of carbonyl (C=O) groups is 1. The van der Waals surface area contributed by atoms with Gasteiger partial charge >= 0.3 is 6.09 Å². The molecule has 4 rings (SSSR count). The maximum Gasteiger partial charge on any atom is 0.410 e. The predicted octanol–water partition coefficient (Wildman–Crippen LogP) is 5.57. The van der Waals surface area contributed by atoms with Crippen molar-refractivity contribution in [2.45, 2.75) is 53.7 Å². The molecule has 32 heavy (non-hydrogen) atoms. The molecule has 1 atom stereocenters. The monoisotopic (exact) mass is 449 g/mol. The molecule has 0 saturated carbocycles. The second-order valence-electron chi connectivity index (χ2n) is 8.69. The van der Waals surface area contributed by atoms with Gasteiger partial charge in [-0.3, -0.25) is 0 Å². The van der Waals surface area contributed by atoms with Gasteiger partial charge in [-0.1, -0.05) is 36.4 Å². The molecule has 0 spiro atoms. The summed E-state index contributed by atoms with van der Waals surface area (Å²) in [4.78, 5) is 21.2. The minimum atomic E-state index is -0.493. The Morgan fingerprint density at radius 2 is 1.62 bits per heavy atom. The number of hydrogen-bond donors (Lipinski definition) is 0. The Kier molecular flexibility index (Phi) is 6.70. The lowest BCUT2D eigenvalue weighted by atomic mass is 10.1. The highest BCUT2D eigenvalue weighted by Crippen LogP contribution is 2.30.